The summed E-state index contributed by atoms with van der Waals surface area (Å²) in [5.74, 6) is -1.56. The first kappa shape index (κ1) is 12.9. The van der Waals surface area contributed by atoms with Gasteiger partial charge in [0.1, 0.15) is 0 Å². The van der Waals surface area contributed by atoms with Crippen LogP contribution in [0.25, 0.3) is 0 Å². The molecule has 100 valence electrons. The van der Waals surface area contributed by atoms with Gasteiger partial charge in [-0.3, -0.25) is 10.1 Å². The van der Waals surface area contributed by atoms with Gasteiger partial charge in [-0.15, -0.1) is 0 Å². The van der Waals surface area contributed by atoms with Gasteiger partial charge in [0, 0.05) is 17.8 Å². The van der Waals surface area contributed by atoms with Crippen LogP contribution in [0.5, 0.6) is 0 Å². The van der Waals surface area contributed by atoms with Crippen LogP contribution in [0.2, 0.25) is 0 Å². The molecule has 1 amide bonds. The molecule has 0 saturated heterocycles. The predicted octanol–water partition coefficient (Wildman–Crippen LogP) is 0.261. The monoisotopic (exact) mass is 264 g/mol. The van der Waals surface area contributed by atoms with Crippen LogP contribution in [-0.2, 0) is 14.4 Å². The zero-order valence-electron chi connectivity index (χ0n) is 10.4. The van der Waals surface area contributed by atoms with Crippen molar-refractivity contribution >= 4 is 23.5 Å². The summed E-state index contributed by atoms with van der Waals surface area (Å²) in [6.07, 6.45) is -1.04. The van der Waals surface area contributed by atoms with E-state index in [0.717, 1.165) is 11.4 Å². The third-order valence-corrected chi connectivity index (χ3v) is 2.43. The molecule has 1 aromatic heterocycles. The van der Waals surface area contributed by atoms with Gasteiger partial charge in [-0.2, -0.15) is 0 Å². The Kier molecular flexibility index (Phi) is 3.41. The quantitative estimate of drug-likeness (QED) is 0.809. The molecule has 0 aliphatic carbocycles. The highest BCUT2D eigenvalue weighted by atomic mass is 16.6. The third-order valence-electron chi connectivity index (χ3n) is 2.43. The van der Waals surface area contributed by atoms with Gasteiger partial charge < -0.3 is 9.94 Å². The number of aromatic nitrogens is 2. The highest BCUT2D eigenvalue weighted by Gasteiger charge is 2.31. The first-order valence-corrected chi connectivity index (χ1v) is 5.55. The van der Waals surface area contributed by atoms with E-state index in [0.29, 0.717) is 0 Å². The van der Waals surface area contributed by atoms with Crippen LogP contribution in [0.4, 0.5) is 5.95 Å². The zero-order valence-corrected chi connectivity index (χ0v) is 10.4. The minimum Gasteiger partial charge on any atom is -0.477 e. The number of hydrogen-bond acceptors (Lipinski definition) is 6. The number of anilines is 1. The number of aliphatic carboxylic acids is 1. The molecule has 2 heterocycles. The maximum Gasteiger partial charge on any atom is 0.353 e. The molecule has 1 atom stereocenters. The summed E-state index contributed by atoms with van der Waals surface area (Å²) >= 11 is 0. The molecule has 2 rings (SSSR count). The van der Waals surface area contributed by atoms with E-state index in [4.69, 9.17) is 9.94 Å². The molecule has 1 aliphatic rings. The van der Waals surface area contributed by atoms with E-state index in [1.54, 1.807) is 19.9 Å². The lowest BCUT2D eigenvalue weighted by molar-refractivity contribution is -0.129. The number of aryl methyl sites for hydroxylation is 2. The van der Waals surface area contributed by atoms with Crippen molar-refractivity contribution in [1.82, 2.24) is 9.97 Å². The maximum absolute atomic E-state index is 11.8. The fourth-order valence-corrected chi connectivity index (χ4v) is 1.62. The smallest absolute Gasteiger partial charge is 0.353 e. The minimum atomic E-state index is -1.20. The first-order valence-electron chi connectivity index (χ1n) is 5.55. The van der Waals surface area contributed by atoms with Crippen LogP contribution in [0.3, 0.4) is 0 Å². The summed E-state index contributed by atoms with van der Waals surface area (Å²) in [5.41, 5.74) is 1.26. The van der Waals surface area contributed by atoms with Crippen LogP contribution < -0.4 is 5.32 Å². The first-order chi connectivity index (χ1) is 8.95. The molecule has 1 unspecified atom stereocenters. The van der Waals surface area contributed by atoms with Crippen molar-refractivity contribution in [2.75, 3.05) is 5.32 Å². The van der Waals surface area contributed by atoms with Gasteiger partial charge in [-0.1, -0.05) is 5.16 Å². The van der Waals surface area contributed by atoms with Crippen LogP contribution >= 0.6 is 0 Å². The average molecular weight is 264 g/mol. The summed E-state index contributed by atoms with van der Waals surface area (Å²) < 4.78 is 0. The van der Waals surface area contributed by atoms with Crippen molar-refractivity contribution in [3.8, 4) is 0 Å². The minimum absolute atomic E-state index is 0.0774. The Bertz CT molecular complexity index is 550. The van der Waals surface area contributed by atoms with E-state index >= 15 is 0 Å². The molecule has 8 heteroatoms. The Morgan fingerprint density at radius 1 is 1.37 bits per heavy atom. The lowest BCUT2D eigenvalue weighted by Crippen LogP contribution is -2.29. The summed E-state index contributed by atoms with van der Waals surface area (Å²) in [4.78, 5) is 35.3. The molecule has 19 heavy (non-hydrogen) atoms. The van der Waals surface area contributed by atoms with Crippen LogP contribution in [0.15, 0.2) is 11.2 Å². The van der Waals surface area contributed by atoms with Gasteiger partial charge in [-0.25, -0.2) is 14.8 Å². The van der Waals surface area contributed by atoms with Gasteiger partial charge in [0.15, 0.2) is 5.71 Å². The van der Waals surface area contributed by atoms with Gasteiger partial charge in [0.2, 0.25) is 12.1 Å². The second-order valence-corrected chi connectivity index (χ2v) is 4.10. The van der Waals surface area contributed by atoms with Gasteiger partial charge in [-0.05, 0) is 19.9 Å². The Morgan fingerprint density at radius 3 is 2.53 bits per heavy atom. The Hall–Kier alpha value is -2.51. The van der Waals surface area contributed by atoms with Crippen molar-refractivity contribution in [2.24, 2.45) is 5.16 Å². The molecule has 1 aromatic rings. The fraction of sp³-hybridized carbons (Fsp3) is 0.364. The number of carbonyl (C=O) groups excluding carboxylic acids is 1. The second-order valence-electron chi connectivity index (χ2n) is 4.10. The van der Waals surface area contributed by atoms with Crippen molar-refractivity contribution in [2.45, 2.75) is 26.4 Å². The number of carboxylic acid groups (broad SMARTS) is 1. The molecule has 0 saturated carbocycles. The van der Waals surface area contributed by atoms with E-state index in [1.165, 1.54) is 0 Å². The van der Waals surface area contributed by atoms with Crippen molar-refractivity contribution in [1.29, 1.82) is 0 Å². The van der Waals surface area contributed by atoms with E-state index in [2.05, 4.69) is 20.4 Å². The molecule has 0 fully saturated rings. The molecule has 2 N–H and O–H groups in total. The van der Waals surface area contributed by atoms with Gasteiger partial charge in [0.05, 0.1) is 0 Å². The van der Waals surface area contributed by atoms with E-state index < -0.39 is 18.0 Å². The van der Waals surface area contributed by atoms with Gasteiger partial charge in [0.25, 0.3) is 5.91 Å². The Balaban J connectivity index is 2.01. The predicted molar refractivity (Wildman–Crippen MR) is 64.7 cm³/mol. The van der Waals surface area contributed by atoms with Crippen LogP contribution in [-0.4, -0.2) is 38.8 Å². The van der Waals surface area contributed by atoms with E-state index in [9.17, 15) is 9.59 Å². The molecule has 0 aromatic carbocycles. The number of oxime groups is 1. The normalized spacial score (nSPS) is 17.6. The second kappa shape index (κ2) is 5.01. The largest absolute Gasteiger partial charge is 0.477 e. The topological polar surface area (TPSA) is 114 Å². The fourth-order valence-electron chi connectivity index (χ4n) is 1.62. The number of nitrogens with one attached hydrogen (secondary N) is 1. The van der Waals surface area contributed by atoms with Crippen LogP contribution in [0.1, 0.15) is 17.8 Å². The summed E-state index contributed by atoms with van der Waals surface area (Å²) in [6, 6.07) is 1.77. The maximum atomic E-state index is 11.8. The van der Waals surface area contributed by atoms with Crippen molar-refractivity contribution in [3.05, 3.63) is 17.5 Å². The summed E-state index contributed by atoms with van der Waals surface area (Å²) in [5, 5.41) is 14.5. The number of carbonyl (C=O) groups is 2. The Labute approximate surface area is 108 Å². The lowest BCUT2D eigenvalue weighted by Gasteiger charge is -2.08. The zero-order chi connectivity index (χ0) is 14.0. The standard InChI is InChI=1S/C11H12N4O4/c1-5-3-6(2)13-11(12-5)14-9(16)8-4-7(10(17)18)15-19-8/h3,8H,4H2,1-2H3,(H,17,18)(H,12,13,14,16). The van der Waals surface area contributed by atoms with Crippen LogP contribution in [0, 0.1) is 13.8 Å². The van der Waals surface area contributed by atoms with E-state index in [-0.39, 0.29) is 18.1 Å². The molecular weight excluding hydrogens is 252 g/mol. The lowest BCUT2D eigenvalue weighted by atomic mass is 10.2. The summed E-state index contributed by atoms with van der Waals surface area (Å²) in [7, 11) is 0. The highest BCUT2D eigenvalue weighted by molar-refractivity contribution is 6.36. The SMILES string of the molecule is Cc1cc(C)nc(NC(=O)C2CC(C(=O)O)=NO2)n1. The molecule has 0 bridgehead atoms. The number of amides is 1. The number of rotatable bonds is 3. The van der Waals surface area contributed by atoms with E-state index in [1.807, 2.05) is 0 Å². The third kappa shape index (κ3) is 3.03. The Morgan fingerprint density at radius 2 is 2.00 bits per heavy atom. The average Bonchev–Trinajstić information content (AvgIpc) is 2.76. The number of nitrogens with zero attached hydrogens (tertiary/aromatic N) is 3. The van der Waals surface area contributed by atoms with Crippen molar-refractivity contribution in [3.63, 3.8) is 0 Å². The molecule has 0 spiro atoms. The van der Waals surface area contributed by atoms with Gasteiger partial charge >= 0.3 is 5.97 Å². The molecule has 8 nitrogen and oxygen atoms in total. The number of carboxylic acids is 1. The molecular formula is C11H12N4O4. The summed E-state index contributed by atoms with van der Waals surface area (Å²) in [6.45, 7) is 3.56. The number of hydrogen-bond donors (Lipinski definition) is 2. The molecule has 1 aliphatic heterocycles. The molecule has 0 radical (unpaired) electrons. The highest BCUT2D eigenvalue weighted by Crippen LogP contribution is 2.13. The van der Waals surface area contributed by atoms with Crippen molar-refractivity contribution < 1.29 is 19.5 Å².